The molecular formula is C23H24FNO5S2. The Bertz CT molecular complexity index is 1290. The molecule has 0 amide bonds. The van der Waals surface area contributed by atoms with E-state index in [9.17, 15) is 21.2 Å². The zero-order valence-electron chi connectivity index (χ0n) is 17.7. The van der Waals surface area contributed by atoms with Crippen LogP contribution in [0.1, 0.15) is 18.1 Å². The van der Waals surface area contributed by atoms with Gasteiger partial charge in [-0.3, -0.25) is 0 Å². The minimum Gasteiger partial charge on any atom is -0.494 e. The van der Waals surface area contributed by atoms with Crippen LogP contribution in [0.15, 0.2) is 81.4 Å². The Morgan fingerprint density at radius 2 is 1.50 bits per heavy atom. The summed E-state index contributed by atoms with van der Waals surface area (Å²) in [4.78, 5) is -0.413. The number of ether oxygens (including phenoxy) is 1. The zero-order valence-corrected chi connectivity index (χ0v) is 19.3. The fraction of sp³-hybridized carbons (Fsp3) is 0.217. The molecule has 0 aliphatic heterocycles. The summed E-state index contributed by atoms with van der Waals surface area (Å²) in [6.45, 7) is 4.19. The standard InChI is InChI=1S/C23H24FNO5S2/c1-3-30-20-9-5-18(6-10-20)14-15-25-32(28,29)23-16-22(11-4-17(23)2)31(26,27)21-12-7-19(24)8-13-21/h4-13,16,25H,3,14-15H2,1-2H3. The second kappa shape index (κ2) is 9.81. The molecule has 0 fully saturated rings. The van der Waals surface area contributed by atoms with E-state index < -0.39 is 25.7 Å². The van der Waals surface area contributed by atoms with E-state index in [-0.39, 0.29) is 21.2 Å². The van der Waals surface area contributed by atoms with Gasteiger partial charge in [-0.15, -0.1) is 0 Å². The first-order valence-electron chi connectivity index (χ1n) is 9.96. The Hall–Kier alpha value is -2.75. The summed E-state index contributed by atoms with van der Waals surface area (Å²) in [5.41, 5.74) is 1.34. The average molecular weight is 478 g/mol. The van der Waals surface area contributed by atoms with Crippen molar-refractivity contribution >= 4 is 19.9 Å². The minimum absolute atomic E-state index is 0.116. The summed E-state index contributed by atoms with van der Waals surface area (Å²) in [6, 6.07) is 15.7. The summed E-state index contributed by atoms with van der Waals surface area (Å²) in [5.74, 6) is 0.180. The van der Waals surface area contributed by atoms with Crippen LogP contribution in [0.2, 0.25) is 0 Å². The monoisotopic (exact) mass is 477 g/mol. The highest BCUT2D eigenvalue weighted by Gasteiger charge is 2.23. The van der Waals surface area contributed by atoms with Crippen LogP contribution in [-0.4, -0.2) is 30.0 Å². The number of nitrogens with one attached hydrogen (secondary N) is 1. The SMILES string of the molecule is CCOc1ccc(CCNS(=O)(=O)c2cc(S(=O)(=O)c3ccc(F)cc3)ccc2C)cc1. The molecule has 0 radical (unpaired) electrons. The van der Waals surface area contributed by atoms with Gasteiger partial charge in [-0.2, -0.15) is 0 Å². The number of sulfone groups is 1. The van der Waals surface area contributed by atoms with Crippen molar-refractivity contribution in [1.82, 2.24) is 4.72 Å². The van der Waals surface area contributed by atoms with Gasteiger partial charge in [-0.1, -0.05) is 18.2 Å². The lowest BCUT2D eigenvalue weighted by molar-refractivity contribution is 0.340. The first-order chi connectivity index (χ1) is 15.1. The Balaban J connectivity index is 1.78. The first kappa shape index (κ1) is 23.9. The molecule has 1 N–H and O–H groups in total. The van der Waals surface area contributed by atoms with E-state index in [1.54, 1.807) is 6.92 Å². The predicted molar refractivity (Wildman–Crippen MR) is 120 cm³/mol. The number of hydrogen-bond acceptors (Lipinski definition) is 5. The highest BCUT2D eigenvalue weighted by atomic mass is 32.2. The van der Waals surface area contributed by atoms with Gasteiger partial charge in [0.15, 0.2) is 0 Å². The van der Waals surface area contributed by atoms with Gasteiger partial charge in [0, 0.05) is 6.54 Å². The number of sulfonamides is 1. The summed E-state index contributed by atoms with van der Waals surface area (Å²) in [6.07, 6.45) is 0.457. The van der Waals surface area contributed by atoms with Crippen LogP contribution in [0.5, 0.6) is 5.75 Å². The quantitative estimate of drug-likeness (QED) is 0.473. The van der Waals surface area contributed by atoms with Crippen LogP contribution in [0.25, 0.3) is 0 Å². The average Bonchev–Trinajstić information content (AvgIpc) is 2.75. The van der Waals surface area contributed by atoms with E-state index in [0.717, 1.165) is 41.6 Å². The number of rotatable bonds is 9. The number of aryl methyl sites for hydroxylation is 1. The molecule has 3 aromatic rings. The minimum atomic E-state index is -4.00. The third kappa shape index (κ3) is 5.53. The Morgan fingerprint density at radius 3 is 2.12 bits per heavy atom. The maximum absolute atomic E-state index is 13.2. The highest BCUT2D eigenvalue weighted by molar-refractivity contribution is 7.91. The molecule has 170 valence electrons. The normalized spacial score (nSPS) is 12.0. The van der Waals surface area contributed by atoms with Crippen molar-refractivity contribution in [3.05, 3.63) is 83.7 Å². The van der Waals surface area contributed by atoms with Crippen molar-refractivity contribution in [1.29, 1.82) is 0 Å². The molecule has 3 aromatic carbocycles. The van der Waals surface area contributed by atoms with Gasteiger partial charge in [0.25, 0.3) is 0 Å². The molecule has 0 heterocycles. The van der Waals surface area contributed by atoms with Gasteiger partial charge < -0.3 is 4.74 Å². The first-order valence-corrected chi connectivity index (χ1v) is 12.9. The summed E-state index contributed by atoms with van der Waals surface area (Å²) < 4.78 is 72.5. The molecule has 0 atom stereocenters. The lowest BCUT2D eigenvalue weighted by atomic mass is 10.1. The largest absolute Gasteiger partial charge is 0.494 e. The molecule has 3 rings (SSSR count). The van der Waals surface area contributed by atoms with E-state index in [0.29, 0.717) is 18.6 Å². The zero-order chi connectivity index (χ0) is 23.4. The van der Waals surface area contributed by atoms with Gasteiger partial charge in [-0.05, 0) is 79.9 Å². The molecule has 0 spiro atoms. The third-order valence-electron chi connectivity index (χ3n) is 4.82. The Kier molecular flexibility index (Phi) is 7.33. The van der Waals surface area contributed by atoms with Crippen LogP contribution in [0, 0.1) is 12.7 Å². The van der Waals surface area contributed by atoms with Gasteiger partial charge in [-0.25, -0.2) is 25.9 Å². The molecule has 6 nitrogen and oxygen atoms in total. The topological polar surface area (TPSA) is 89.5 Å². The van der Waals surface area contributed by atoms with E-state index in [2.05, 4.69) is 4.72 Å². The highest BCUT2D eigenvalue weighted by Crippen LogP contribution is 2.25. The lowest BCUT2D eigenvalue weighted by Crippen LogP contribution is -2.27. The molecule has 0 bridgehead atoms. The van der Waals surface area contributed by atoms with E-state index in [4.69, 9.17) is 4.74 Å². The molecule has 0 saturated heterocycles. The van der Waals surface area contributed by atoms with Gasteiger partial charge in [0.2, 0.25) is 19.9 Å². The van der Waals surface area contributed by atoms with Crippen molar-refractivity contribution < 1.29 is 26.0 Å². The summed E-state index contributed by atoms with van der Waals surface area (Å²) in [7, 11) is -7.95. The van der Waals surface area contributed by atoms with Crippen LogP contribution in [0.4, 0.5) is 4.39 Å². The summed E-state index contributed by atoms with van der Waals surface area (Å²) >= 11 is 0. The van der Waals surface area contributed by atoms with Crippen LogP contribution >= 0.6 is 0 Å². The van der Waals surface area contributed by atoms with E-state index in [1.165, 1.54) is 12.1 Å². The maximum atomic E-state index is 13.2. The predicted octanol–water partition coefficient (Wildman–Crippen LogP) is 3.89. The molecular weight excluding hydrogens is 453 g/mol. The molecule has 0 unspecified atom stereocenters. The molecule has 32 heavy (non-hydrogen) atoms. The Labute approximate surface area is 188 Å². The number of hydrogen-bond donors (Lipinski definition) is 1. The van der Waals surface area contributed by atoms with Crippen LogP contribution in [-0.2, 0) is 26.3 Å². The van der Waals surface area contributed by atoms with Crippen LogP contribution in [0.3, 0.4) is 0 Å². The third-order valence-corrected chi connectivity index (χ3v) is 8.19. The molecule has 0 aromatic heterocycles. The van der Waals surface area contributed by atoms with E-state index in [1.807, 2.05) is 31.2 Å². The van der Waals surface area contributed by atoms with Crippen molar-refractivity contribution in [2.75, 3.05) is 13.2 Å². The van der Waals surface area contributed by atoms with Crippen molar-refractivity contribution in [3.8, 4) is 5.75 Å². The van der Waals surface area contributed by atoms with Crippen molar-refractivity contribution in [2.45, 2.75) is 35.0 Å². The maximum Gasteiger partial charge on any atom is 0.240 e. The van der Waals surface area contributed by atoms with Gasteiger partial charge >= 0.3 is 0 Å². The molecule has 0 saturated carbocycles. The fourth-order valence-corrected chi connectivity index (χ4v) is 5.78. The smallest absolute Gasteiger partial charge is 0.240 e. The van der Waals surface area contributed by atoms with Crippen molar-refractivity contribution in [2.24, 2.45) is 0 Å². The fourth-order valence-electron chi connectivity index (χ4n) is 3.11. The van der Waals surface area contributed by atoms with E-state index >= 15 is 0 Å². The number of halogens is 1. The lowest BCUT2D eigenvalue weighted by Gasteiger charge is -2.12. The van der Waals surface area contributed by atoms with Gasteiger partial charge in [0.05, 0.1) is 21.3 Å². The molecule has 0 aliphatic carbocycles. The van der Waals surface area contributed by atoms with Crippen molar-refractivity contribution in [3.63, 3.8) is 0 Å². The molecule has 0 aliphatic rings. The van der Waals surface area contributed by atoms with Gasteiger partial charge in [0.1, 0.15) is 11.6 Å². The number of benzene rings is 3. The Morgan fingerprint density at radius 1 is 0.875 bits per heavy atom. The van der Waals surface area contributed by atoms with Crippen LogP contribution < -0.4 is 9.46 Å². The second-order valence-electron chi connectivity index (χ2n) is 7.11. The molecule has 9 heteroatoms. The summed E-state index contributed by atoms with van der Waals surface area (Å²) in [5, 5.41) is 0. The second-order valence-corrected chi connectivity index (χ2v) is 10.8.